The Kier molecular flexibility index (Phi) is 4.76. The zero-order valence-corrected chi connectivity index (χ0v) is 22.1. The van der Waals surface area contributed by atoms with Crippen LogP contribution in [-0.4, -0.2) is 27.3 Å². The summed E-state index contributed by atoms with van der Waals surface area (Å²) in [5.74, 6) is -15.5. The largest absolute Gasteiger partial charge is 0.380 e. The molecule has 2 aliphatic carbocycles. The number of thioether (sulfide) groups is 2. The number of allylic oxidation sites excluding steroid dienone is 4. The van der Waals surface area contributed by atoms with Gasteiger partial charge in [-0.25, -0.2) is 0 Å². The maximum Gasteiger partial charge on any atom is 0.380 e. The van der Waals surface area contributed by atoms with Crippen LogP contribution >= 0.6 is 46.2 Å². The third-order valence-electron chi connectivity index (χ3n) is 7.29. The van der Waals surface area contributed by atoms with E-state index >= 15 is 17.6 Å². The van der Waals surface area contributed by atoms with Gasteiger partial charge in [0.05, 0.1) is 9.49 Å². The predicted octanol–water partition coefficient (Wildman–Crippen LogP) is 9.35. The molecule has 1 saturated carbocycles. The fourth-order valence-electron chi connectivity index (χ4n) is 5.29. The fourth-order valence-corrected chi connectivity index (χ4v) is 10.3. The van der Waals surface area contributed by atoms with E-state index in [1.807, 2.05) is 38.1 Å². The Morgan fingerprint density at radius 3 is 1.29 bits per heavy atom. The zero-order valence-electron chi connectivity index (χ0n) is 18.9. The van der Waals surface area contributed by atoms with Crippen molar-refractivity contribution in [2.45, 2.75) is 55.0 Å². The highest BCUT2D eigenvalue weighted by molar-refractivity contribution is 8.14. The van der Waals surface area contributed by atoms with Crippen molar-refractivity contribution in [1.82, 2.24) is 0 Å². The normalized spacial score (nSPS) is 31.9. The molecule has 2 aliphatic heterocycles. The molecule has 10 heteroatoms. The third-order valence-corrected chi connectivity index (χ3v) is 12.9. The lowest BCUT2D eigenvalue weighted by atomic mass is 9.71. The number of thiophene rings is 2. The van der Waals surface area contributed by atoms with Crippen LogP contribution < -0.4 is 0 Å². The summed E-state index contributed by atoms with van der Waals surface area (Å²) in [6.07, 6.45) is 2.87. The first-order valence-corrected chi connectivity index (χ1v) is 14.0. The fraction of sp³-hybridized carbons (Fsp3) is 0.360. The maximum atomic E-state index is 15.3. The lowest BCUT2D eigenvalue weighted by Gasteiger charge is -2.47. The molecule has 0 radical (unpaired) electrons. The van der Waals surface area contributed by atoms with Crippen molar-refractivity contribution in [3.63, 3.8) is 0 Å². The number of halogens is 6. The van der Waals surface area contributed by atoms with Crippen LogP contribution in [0.1, 0.15) is 33.4 Å². The molecule has 6 rings (SSSR count). The van der Waals surface area contributed by atoms with E-state index in [0.29, 0.717) is 9.81 Å². The highest BCUT2D eigenvalue weighted by atomic mass is 32.2. The van der Waals surface area contributed by atoms with Gasteiger partial charge in [-0.2, -0.15) is 26.3 Å². The van der Waals surface area contributed by atoms with E-state index in [4.69, 9.17) is 0 Å². The number of rotatable bonds is 2. The molecule has 35 heavy (non-hydrogen) atoms. The summed E-state index contributed by atoms with van der Waals surface area (Å²) in [5, 5.41) is 0. The Labute approximate surface area is 214 Å². The first-order valence-electron chi connectivity index (χ1n) is 10.7. The highest BCUT2D eigenvalue weighted by Crippen LogP contribution is 2.75. The van der Waals surface area contributed by atoms with Gasteiger partial charge in [-0.05, 0) is 75.3 Å². The molecule has 4 heterocycles. The first kappa shape index (κ1) is 24.0. The molecule has 2 atom stereocenters. The van der Waals surface area contributed by atoms with Crippen molar-refractivity contribution in [3.8, 4) is 0 Å². The van der Waals surface area contributed by atoms with Crippen LogP contribution in [0.3, 0.4) is 0 Å². The Morgan fingerprint density at radius 2 is 0.971 bits per heavy atom. The van der Waals surface area contributed by atoms with Crippen molar-refractivity contribution in [3.05, 3.63) is 78.2 Å². The molecule has 184 valence electrons. The second kappa shape index (κ2) is 6.94. The van der Waals surface area contributed by atoms with Crippen LogP contribution in [0.15, 0.2) is 58.7 Å². The Morgan fingerprint density at radius 1 is 0.600 bits per heavy atom. The molecule has 0 aromatic carbocycles. The van der Waals surface area contributed by atoms with Crippen LogP contribution in [0.2, 0.25) is 0 Å². The van der Waals surface area contributed by atoms with Crippen LogP contribution in [0.5, 0.6) is 0 Å². The first-order chi connectivity index (χ1) is 16.1. The summed E-state index contributed by atoms with van der Waals surface area (Å²) >= 11 is 5.50. The van der Waals surface area contributed by atoms with E-state index in [1.54, 1.807) is 13.8 Å². The number of alkyl halides is 6. The Balaban J connectivity index is 1.67. The quantitative estimate of drug-likeness (QED) is 0.336. The van der Waals surface area contributed by atoms with Crippen LogP contribution in [0.25, 0.3) is 9.81 Å². The van der Waals surface area contributed by atoms with E-state index in [-0.39, 0.29) is 11.1 Å². The van der Waals surface area contributed by atoms with Gasteiger partial charge in [-0.1, -0.05) is 0 Å². The van der Waals surface area contributed by atoms with Gasteiger partial charge >= 0.3 is 17.8 Å². The van der Waals surface area contributed by atoms with E-state index in [0.717, 1.165) is 19.5 Å². The van der Waals surface area contributed by atoms with Crippen molar-refractivity contribution >= 4 is 56.0 Å². The summed E-state index contributed by atoms with van der Waals surface area (Å²) in [5.41, 5.74) is -2.68. The van der Waals surface area contributed by atoms with Gasteiger partial charge in [0, 0.05) is 40.5 Å². The molecule has 0 amide bonds. The van der Waals surface area contributed by atoms with Crippen molar-refractivity contribution in [1.29, 1.82) is 0 Å². The maximum absolute atomic E-state index is 15.3. The molecule has 0 nitrogen and oxygen atoms in total. The SMILES string of the molecule is Cc1ccc(C2=CC3=C4C(=C5C=C(c6ccc(C)s6)SC5(C)C3(C)S2)C(F)(F)C(F)(F)C4(F)F)s1. The molecular weight excluding hydrogens is 543 g/mol. The summed E-state index contributed by atoms with van der Waals surface area (Å²) in [7, 11) is 0. The van der Waals surface area contributed by atoms with Gasteiger partial charge in [0.25, 0.3) is 0 Å². The summed E-state index contributed by atoms with van der Waals surface area (Å²) in [6.45, 7) is 7.24. The third kappa shape index (κ3) is 2.75. The molecule has 4 aliphatic rings. The molecule has 0 spiro atoms. The van der Waals surface area contributed by atoms with Gasteiger partial charge in [0.2, 0.25) is 0 Å². The molecule has 2 unspecified atom stereocenters. The lowest BCUT2D eigenvalue weighted by molar-refractivity contribution is -0.258. The van der Waals surface area contributed by atoms with Crippen LogP contribution in [0.4, 0.5) is 26.3 Å². The topological polar surface area (TPSA) is 0 Å². The highest BCUT2D eigenvalue weighted by Gasteiger charge is 2.84. The lowest BCUT2D eigenvalue weighted by Crippen LogP contribution is -2.48. The van der Waals surface area contributed by atoms with Gasteiger partial charge < -0.3 is 0 Å². The van der Waals surface area contributed by atoms with Gasteiger partial charge in [-0.15, -0.1) is 46.2 Å². The minimum absolute atomic E-state index is 0.129. The summed E-state index contributed by atoms with van der Waals surface area (Å²) < 4.78 is 88.5. The molecule has 0 bridgehead atoms. The molecule has 1 fully saturated rings. The van der Waals surface area contributed by atoms with Crippen molar-refractivity contribution < 1.29 is 26.3 Å². The van der Waals surface area contributed by atoms with Crippen LogP contribution in [-0.2, 0) is 0 Å². The Bertz CT molecular complexity index is 1330. The molecule has 0 N–H and O–H groups in total. The molecule has 2 aromatic rings. The zero-order chi connectivity index (χ0) is 25.3. The number of hydrogen-bond acceptors (Lipinski definition) is 4. The van der Waals surface area contributed by atoms with Gasteiger partial charge in [0.15, 0.2) is 0 Å². The monoisotopic (exact) mass is 560 g/mol. The second-order valence-corrected chi connectivity index (χ2v) is 14.9. The minimum atomic E-state index is -5.53. The van der Waals surface area contributed by atoms with E-state index in [1.165, 1.54) is 58.3 Å². The smallest absolute Gasteiger partial charge is 0.194 e. The van der Waals surface area contributed by atoms with Crippen molar-refractivity contribution in [2.75, 3.05) is 0 Å². The Hall–Kier alpha value is -1.36. The number of hydrogen-bond donors (Lipinski definition) is 0. The van der Waals surface area contributed by atoms with Gasteiger partial charge in [-0.3, -0.25) is 0 Å². The summed E-state index contributed by atoms with van der Waals surface area (Å²) in [4.78, 5) is 4.86. The van der Waals surface area contributed by atoms with E-state index in [9.17, 15) is 8.78 Å². The van der Waals surface area contributed by atoms with Gasteiger partial charge in [0.1, 0.15) is 0 Å². The molecule has 2 aromatic heterocycles. The average molecular weight is 561 g/mol. The van der Waals surface area contributed by atoms with Crippen LogP contribution in [0, 0.1) is 13.8 Å². The average Bonchev–Trinajstić information content (AvgIpc) is 3.53. The number of aryl methyl sites for hydroxylation is 2. The minimum Gasteiger partial charge on any atom is -0.194 e. The predicted molar refractivity (Wildman–Crippen MR) is 135 cm³/mol. The standard InChI is InChI=1S/C25H18F6S4/c1-11-5-7-15(32-11)17-9-13-19-20(24(28,29)25(30,31)23(19,26)27)14-10-18(16-8-6-12(2)33-16)35-22(14,4)21(13,3)34-17/h5-10H,1-4H3. The van der Waals surface area contributed by atoms with E-state index in [2.05, 4.69) is 0 Å². The second-order valence-electron chi connectivity index (χ2n) is 9.41. The van der Waals surface area contributed by atoms with Crippen molar-refractivity contribution in [2.24, 2.45) is 0 Å². The molecule has 0 saturated heterocycles. The van der Waals surface area contributed by atoms with E-state index < -0.39 is 38.4 Å². The number of fused-ring (bicyclic) bond motifs is 4. The summed E-state index contributed by atoms with van der Waals surface area (Å²) in [6, 6.07) is 7.46. The molecular formula is C25H18F6S4.